The normalized spacial score (nSPS) is 26.3. The van der Waals surface area contributed by atoms with E-state index < -0.39 is 0 Å². The molecule has 0 aliphatic carbocycles. The van der Waals surface area contributed by atoms with Crippen molar-refractivity contribution in [3.05, 3.63) is 0 Å². The maximum atomic E-state index is 12.2. The number of hydrogen-bond acceptors (Lipinski definition) is 3. The van der Waals surface area contributed by atoms with Crippen LogP contribution in [0.4, 0.5) is 0 Å². The van der Waals surface area contributed by atoms with Gasteiger partial charge in [0, 0.05) is 26.2 Å². The lowest BCUT2D eigenvalue weighted by atomic mass is 9.95. The summed E-state index contributed by atoms with van der Waals surface area (Å²) in [4.78, 5) is 16.5. The fourth-order valence-corrected chi connectivity index (χ4v) is 3.15. The van der Waals surface area contributed by atoms with Gasteiger partial charge in [-0.25, -0.2) is 0 Å². The first-order valence-corrected chi connectivity index (χ1v) is 7.40. The largest absolute Gasteiger partial charge is 0.396 e. The van der Waals surface area contributed by atoms with Gasteiger partial charge in [-0.2, -0.15) is 0 Å². The minimum atomic E-state index is 0.276. The topological polar surface area (TPSA) is 43.8 Å². The fourth-order valence-electron chi connectivity index (χ4n) is 3.15. The highest BCUT2D eigenvalue weighted by Crippen LogP contribution is 2.19. The number of amides is 1. The van der Waals surface area contributed by atoms with Crippen LogP contribution in [-0.2, 0) is 4.79 Å². The van der Waals surface area contributed by atoms with Crippen LogP contribution in [0.3, 0.4) is 0 Å². The van der Waals surface area contributed by atoms with Crippen molar-refractivity contribution in [1.82, 2.24) is 9.80 Å². The van der Waals surface area contributed by atoms with Gasteiger partial charge in [-0.05, 0) is 51.0 Å². The van der Waals surface area contributed by atoms with Gasteiger partial charge in [0.2, 0.25) is 5.91 Å². The van der Waals surface area contributed by atoms with Gasteiger partial charge in [-0.3, -0.25) is 9.69 Å². The molecule has 18 heavy (non-hydrogen) atoms. The van der Waals surface area contributed by atoms with Crippen molar-refractivity contribution in [2.45, 2.75) is 38.5 Å². The van der Waals surface area contributed by atoms with Crippen molar-refractivity contribution in [1.29, 1.82) is 0 Å². The van der Waals surface area contributed by atoms with Crippen LogP contribution >= 0.6 is 0 Å². The zero-order chi connectivity index (χ0) is 12.8. The number of nitrogens with zero attached hydrogens (tertiary/aromatic N) is 2. The molecule has 1 N–H and O–H groups in total. The smallest absolute Gasteiger partial charge is 0.236 e. The molecular weight excluding hydrogens is 228 g/mol. The van der Waals surface area contributed by atoms with E-state index >= 15 is 0 Å². The van der Waals surface area contributed by atoms with E-state index in [0.717, 1.165) is 39.0 Å². The van der Waals surface area contributed by atoms with E-state index in [1.807, 2.05) is 4.90 Å². The first kappa shape index (κ1) is 13.8. The summed E-state index contributed by atoms with van der Waals surface area (Å²) in [5, 5.41) is 9.00. The Balaban J connectivity index is 1.75. The zero-order valence-corrected chi connectivity index (χ0v) is 11.3. The number of likely N-dealkylation sites (tertiary alicyclic amines) is 2. The summed E-state index contributed by atoms with van der Waals surface area (Å²) in [7, 11) is 0. The van der Waals surface area contributed by atoms with Crippen LogP contribution in [0.15, 0.2) is 0 Å². The van der Waals surface area contributed by atoms with E-state index in [4.69, 9.17) is 5.11 Å². The van der Waals surface area contributed by atoms with Gasteiger partial charge in [-0.1, -0.05) is 0 Å². The molecule has 2 fully saturated rings. The molecule has 4 heteroatoms. The number of carbonyl (C=O) groups excluding carboxylic acids is 1. The summed E-state index contributed by atoms with van der Waals surface area (Å²) in [6, 6.07) is 0. The van der Waals surface area contributed by atoms with Gasteiger partial charge in [0.05, 0.1) is 6.54 Å². The Kier molecular flexibility index (Phi) is 5.45. The summed E-state index contributed by atoms with van der Waals surface area (Å²) in [6.45, 7) is 4.79. The van der Waals surface area contributed by atoms with Crippen molar-refractivity contribution in [2.24, 2.45) is 5.92 Å². The Morgan fingerprint density at radius 3 is 2.61 bits per heavy atom. The maximum absolute atomic E-state index is 12.2. The number of carbonyl (C=O) groups is 1. The quantitative estimate of drug-likeness (QED) is 0.817. The third-order valence-corrected chi connectivity index (χ3v) is 4.21. The molecule has 2 rings (SSSR count). The van der Waals surface area contributed by atoms with Gasteiger partial charge >= 0.3 is 0 Å². The fraction of sp³-hybridized carbons (Fsp3) is 0.929. The number of piperidine rings is 2. The summed E-state index contributed by atoms with van der Waals surface area (Å²) in [5.74, 6) is 0.886. The van der Waals surface area contributed by atoms with Crippen LogP contribution in [0.25, 0.3) is 0 Å². The lowest BCUT2D eigenvalue weighted by Crippen LogP contribution is -2.45. The van der Waals surface area contributed by atoms with Gasteiger partial charge < -0.3 is 10.0 Å². The predicted molar refractivity (Wildman–Crippen MR) is 71.3 cm³/mol. The highest BCUT2D eigenvalue weighted by Gasteiger charge is 2.23. The first-order valence-electron chi connectivity index (χ1n) is 7.40. The van der Waals surface area contributed by atoms with E-state index in [1.165, 1.54) is 25.7 Å². The van der Waals surface area contributed by atoms with Crippen molar-refractivity contribution in [2.75, 3.05) is 39.3 Å². The highest BCUT2D eigenvalue weighted by molar-refractivity contribution is 5.78. The van der Waals surface area contributed by atoms with Gasteiger partial charge in [-0.15, -0.1) is 0 Å². The third-order valence-electron chi connectivity index (χ3n) is 4.21. The monoisotopic (exact) mass is 254 g/mol. The van der Waals surface area contributed by atoms with Crippen molar-refractivity contribution in [3.63, 3.8) is 0 Å². The lowest BCUT2D eigenvalue weighted by molar-refractivity contribution is -0.133. The molecule has 1 amide bonds. The number of rotatable bonds is 4. The molecule has 0 spiro atoms. The number of aliphatic hydroxyl groups excluding tert-OH is 1. The van der Waals surface area contributed by atoms with E-state index in [-0.39, 0.29) is 6.61 Å². The number of aliphatic hydroxyl groups is 1. The van der Waals surface area contributed by atoms with Crippen LogP contribution in [0, 0.1) is 5.92 Å². The molecule has 4 nitrogen and oxygen atoms in total. The Morgan fingerprint density at radius 1 is 1.11 bits per heavy atom. The Labute approximate surface area is 110 Å². The van der Waals surface area contributed by atoms with Crippen molar-refractivity contribution < 1.29 is 9.90 Å². The SMILES string of the molecule is O=C(CN1CCCC(CCO)C1)N1CCCCC1. The molecule has 0 bridgehead atoms. The molecule has 2 saturated heterocycles. The standard InChI is InChI=1S/C14H26N2O2/c17-10-6-13-5-4-7-15(11-13)12-14(18)16-8-2-1-3-9-16/h13,17H,1-12H2. The first-order chi connectivity index (χ1) is 8.79. The van der Waals surface area contributed by atoms with Crippen LogP contribution < -0.4 is 0 Å². The summed E-state index contributed by atoms with van der Waals surface area (Å²) < 4.78 is 0. The minimum Gasteiger partial charge on any atom is -0.396 e. The third kappa shape index (κ3) is 3.95. The molecule has 0 aromatic rings. The van der Waals surface area contributed by atoms with Gasteiger partial charge in [0.15, 0.2) is 0 Å². The van der Waals surface area contributed by atoms with E-state index in [2.05, 4.69) is 4.90 Å². The Morgan fingerprint density at radius 2 is 1.89 bits per heavy atom. The second kappa shape index (κ2) is 7.10. The average molecular weight is 254 g/mol. The molecular formula is C14H26N2O2. The summed E-state index contributed by atoms with van der Waals surface area (Å²) in [6.07, 6.45) is 6.85. The zero-order valence-electron chi connectivity index (χ0n) is 11.3. The molecule has 1 atom stereocenters. The van der Waals surface area contributed by atoms with E-state index in [0.29, 0.717) is 18.4 Å². The van der Waals surface area contributed by atoms with Crippen molar-refractivity contribution in [3.8, 4) is 0 Å². The molecule has 0 aromatic carbocycles. The predicted octanol–water partition coefficient (Wildman–Crippen LogP) is 1.09. The lowest BCUT2D eigenvalue weighted by Gasteiger charge is -2.34. The molecule has 2 aliphatic heterocycles. The highest BCUT2D eigenvalue weighted by atomic mass is 16.3. The minimum absolute atomic E-state index is 0.276. The summed E-state index contributed by atoms with van der Waals surface area (Å²) >= 11 is 0. The summed E-state index contributed by atoms with van der Waals surface area (Å²) in [5.41, 5.74) is 0. The van der Waals surface area contributed by atoms with Gasteiger partial charge in [0.25, 0.3) is 0 Å². The van der Waals surface area contributed by atoms with Crippen molar-refractivity contribution >= 4 is 5.91 Å². The Bertz CT molecular complexity index is 263. The second-order valence-corrected chi connectivity index (χ2v) is 5.70. The maximum Gasteiger partial charge on any atom is 0.236 e. The molecule has 0 radical (unpaired) electrons. The van der Waals surface area contributed by atoms with Crippen LogP contribution in [0.2, 0.25) is 0 Å². The van der Waals surface area contributed by atoms with Crippen LogP contribution in [0.1, 0.15) is 38.5 Å². The molecule has 0 aromatic heterocycles. The van der Waals surface area contributed by atoms with E-state index in [1.54, 1.807) is 0 Å². The van der Waals surface area contributed by atoms with E-state index in [9.17, 15) is 4.79 Å². The molecule has 104 valence electrons. The second-order valence-electron chi connectivity index (χ2n) is 5.70. The molecule has 2 heterocycles. The average Bonchev–Trinajstić information content (AvgIpc) is 2.40. The van der Waals surface area contributed by atoms with Gasteiger partial charge in [0.1, 0.15) is 0 Å². The molecule has 0 saturated carbocycles. The molecule has 1 unspecified atom stereocenters. The Hall–Kier alpha value is -0.610. The van der Waals surface area contributed by atoms with Crippen LogP contribution in [0.5, 0.6) is 0 Å². The van der Waals surface area contributed by atoms with Crippen LogP contribution in [-0.4, -0.2) is 60.1 Å². The molecule has 2 aliphatic rings. The number of hydrogen-bond donors (Lipinski definition) is 1.